The van der Waals surface area contributed by atoms with Crippen LogP contribution in [0.25, 0.3) is 11.3 Å². The summed E-state index contributed by atoms with van der Waals surface area (Å²) < 4.78 is 4.64. The second-order valence-corrected chi connectivity index (χ2v) is 8.48. The van der Waals surface area contributed by atoms with E-state index in [1.807, 2.05) is 12.2 Å². The molecule has 0 radical (unpaired) electrons. The molecule has 1 aliphatic heterocycles. The van der Waals surface area contributed by atoms with Crippen LogP contribution in [0.4, 0.5) is 21.9 Å². The standard InChI is InChI=1S/C25H25ClN6O4/c1-36-25(35)28-16-11-12-17-19(13-16)29-20(33)6-4-2-3-5-18(23-31-21(17)22(26)32-23)30-24(34)14-7-9-15(27)10-8-14/h2-3,7-13,18H,4-6,27H2,1H3,(H,28,35)(H,29,33)(H,30,34)(H,31,32)/b3-2+/t18-/m0/s1. The Kier molecular flexibility index (Phi) is 7.55. The van der Waals surface area contributed by atoms with Crippen molar-refractivity contribution in [2.24, 2.45) is 0 Å². The highest BCUT2D eigenvalue weighted by atomic mass is 35.5. The Hall–Kier alpha value is -4.31. The first-order chi connectivity index (χ1) is 17.3. The van der Waals surface area contributed by atoms with Crippen LogP contribution in [0.5, 0.6) is 0 Å². The number of imidazole rings is 1. The number of methoxy groups -OCH3 is 1. The number of aromatic nitrogens is 2. The van der Waals surface area contributed by atoms with Crippen LogP contribution in [0.2, 0.25) is 5.15 Å². The monoisotopic (exact) mass is 508 g/mol. The predicted molar refractivity (Wildman–Crippen MR) is 138 cm³/mol. The summed E-state index contributed by atoms with van der Waals surface area (Å²) in [5, 5.41) is 8.67. The van der Waals surface area contributed by atoms with Crippen molar-refractivity contribution >= 4 is 46.6 Å². The molecule has 0 unspecified atom stereocenters. The van der Waals surface area contributed by atoms with Crippen molar-refractivity contribution in [3.63, 3.8) is 0 Å². The van der Waals surface area contributed by atoms with E-state index in [9.17, 15) is 14.4 Å². The van der Waals surface area contributed by atoms with E-state index in [-0.39, 0.29) is 23.4 Å². The van der Waals surface area contributed by atoms with Crippen LogP contribution in [0, 0.1) is 0 Å². The number of halogens is 1. The van der Waals surface area contributed by atoms with Gasteiger partial charge < -0.3 is 26.1 Å². The number of fused-ring (bicyclic) bond motifs is 4. The van der Waals surface area contributed by atoms with Crippen molar-refractivity contribution in [3.05, 3.63) is 71.2 Å². The molecule has 6 N–H and O–H groups in total. The van der Waals surface area contributed by atoms with Gasteiger partial charge >= 0.3 is 6.09 Å². The van der Waals surface area contributed by atoms with Gasteiger partial charge in [-0.25, -0.2) is 9.78 Å². The summed E-state index contributed by atoms with van der Waals surface area (Å²) in [6.07, 6.45) is 4.30. The number of nitrogen functional groups attached to an aromatic ring is 1. The first-order valence-corrected chi connectivity index (χ1v) is 11.6. The summed E-state index contributed by atoms with van der Waals surface area (Å²) in [4.78, 5) is 44.9. The van der Waals surface area contributed by atoms with E-state index in [4.69, 9.17) is 17.3 Å². The molecule has 3 aromatic rings. The van der Waals surface area contributed by atoms with Crippen molar-refractivity contribution < 1.29 is 19.1 Å². The molecular weight excluding hydrogens is 484 g/mol. The van der Waals surface area contributed by atoms with Gasteiger partial charge in [-0.2, -0.15) is 0 Å². The van der Waals surface area contributed by atoms with Gasteiger partial charge in [0.15, 0.2) is 0 Å². The summed E-state index contributed by atoms with van der Waals surface area (Å²) in [5.74, 6) is -0.0465. The number of amides is 3. The van der Waals surface area contributed by atoms with Crippen LogP contribution >= 0.6 is 11.6 Å². The van der Waals surface area contributed by atoms with Gasteiger partial charge in [0.05, 0.1) is 18.8 Å². The number of carbonyl (C=O) groups excluding carboxylic acids is 3. The van der Waals surface area contributed by atoms with E-state index in [2.05, 4.69) is 30.7 Å². The van der Waals surface area contributed by atoms with Crippen LogP contribution in [0.15, 0.2) is 54.6 Å². The topological polar surface area (TPSA) is 151 Å². The minimum absolute atomic E-state index is 0.213. The number of hydrogen-bond acceptors (Lipinski definition) is 6. The fraction of sp³-hybridized carbons (Fsp3) is 0.200. The Morgan fingerprint density at radius 2 is 1.94 bits per heavy atom. The van der Waals surface area contributed by atoms with E-state index in [1.54, 1.807) is 42.5 Å². The molecule has 36 heavy (non-hydrogen) atoms. The van der Waals surface area contributed by atoms with Gasteiger partial charge in [-0.3, -0.25) is 14.9 Å². The van der Waals surface area contributed by atoms with Crippen molar-refractivity contribution in [2.45, 2.75) is 25.3 Å². The minimum atomic E-state index is -0.643. The highest BCUT2D eigenvalue weighted by molar-refractivity contribution is 6.32. The molecule has 0 aliphatic carbocycles. The lowest BCUT2D eigenvalue weighted by molar-refractivity contribution is -0.116. The Bertz CT molecular complexity index is 1320. The summed E-state index contributed by atoms with van der Waals surface area (Å²) in [7, 11) is 1.26. The Morgan fingerprint density at radius 1 is 1.17 bits per heavy atom. The molecule has 2 bridgehead atoms. The van der Waals surface area contributed by atoms with E-state index < -0.39 is 12.1 Å². The summed E-state index contributed by atoms with van der Waals surface area (Å²) in [6, 6.07) is 11.0. The van der Waals surface area contributed by atoms with Crippen molar-refractivity contribution in [1.29, 1.82) is 0 Å². The SMILES string of the molecule is COC(=O)Nc1ccc2c(c1)NC(=O)CC/C=C/C[C@H](NC(=O)c1ccc(N)cc1)c1nc-2c(Cl)[nH]1. The smallest absolute Gasteiger partial charge is 0.411 e. The molecule has 4 rings (SSSR count). The largest absolute Gasteiger partial charge is 0.453 e. The number of hydrogen-bond donors (Lipinski definition) is 5. The van der Waals surface area contributed by atoms with Crippen LogP contribution in [-0.2, 0) is 9.53 Å². The fourth-order valence-corrected chi connectivity index (χ4v) is 3.95. The zero-order valence-electron chi connectivity index (χ0n) is 19.4. The van der Waals surface area contributed by atoms with Gasteiger partial charge in [0.1, 0.15) is 16.7 Å². The quantitative estimate of drug-likeness (QED) is 0.257. The maximum absolute atomic E-state index is 12.9. The van der Waals surface area contributed by atoms with Crippen molar-refractivity contribution in [3.8, 4) is 11.3 Å². The molecule has 3 amide bonds. The van der Waals surface area contributed by atoms with E-state index in [0.29, 0.717) is 52.5 Å². The number of nitrogens with zero attached hydrogens (tertiary/aromatic N) is 1. The van der Waals surface area contributed by atoms with Crippen molar-refractivity contribution in [2.75, 3.05) is 23.5 Å². The number of carbonyl (C=O) groups is 3. The minimum Gasteiger partial charge on any atom is -0.453 e. The van der Waals surface area contributed by atoms with Crippen LogP contribution in [0.3, 0.4) is 0 Å². The Balaban J connectivity index is 1.71. The van der Waals surface area contributed by atoms with Gasteiger partial charge in [0, 0.05) is 28.9 Å². The van der Waals surface area contributed by atoms with Crippen LogP contribution in [-0.4, -0.2) is 35.0 Å². The number of aromatic amines is 1. The zero-order chi connectivity index (χ0) is 25.7. The molecule has 0 saturated carbocycles. The first kappa shape index (κ1) is 24.8. The molecule has 10 nitrogen and oxygen atoms in total. The highest BCUT2D eigenvalue weighted by Gasteiger charge is 2.23. The van der Waals surface area contributed by atoms with E-state index >= 15 is 0 Å². The maximum Gasteiger partial charge on any atom is 0.411 e. The van der Waals surface area contributed by atoms with Crippen molar-refractivity contribution in [1.82, 2.24) is 15.3 Å². The second kappa shape index (κ2) is 11.0. The fourth-order valence-electron chi connectivity index (χ4n) is 3.71. The van der Waals surface area contributed by atoms with Gasteiger partial charge in [-0.15, -0.1) is 0 Å². The zero-order valence-corrected chi connectivity index (χ0v) is 20.2. The lowest BCUT2D eigenvalue weighted by Crippen LogP contribution is -2.29. The number of benzene rings is 2. The molecule has 0 spiro atoms. The van der Waals surface area contributed by atoms with Gasteiger partial charge in [-0.05, 0) is 55.3 Å². The molecule has 2 aromatic carbocycles. The average Bonchev–Trinajstić information content (AvgIpc) is 3.24. The van der Waals surface area contributed by atoms with E-state index in [0.717, 1.165) is 0 Å². The molecule has 0 saturated heterocycles. The second-order valence-electron chi connectivity index (χ2n) is 8.10. The third-order valence-electron chi connectivity index (χ3n) is 5.54. The maximum atomic E-state index is 12.9. The number of ether oxygens (including phenoxy) is 1. The number of H-pyrrole nitrogens is 1. The average molecular weight is 509 g/mol. The number of anilines is 3. The first-order valence-electron chi connectivity index (χ1n) is 11.2. The van der Waals surface area contributed by atoms with Gasteiger partial charge in [-0.1, -0.05) is 23.8 Å². The molecule has 186 valence electrons. The predicted octanol–water partition coefficient (Wildman–Crippen LogP) is 4.64. The molecular formula is C25H25ClN6O4. The lowest BCUT2D eigenvalue weighted by Gasteiger charge is -2.15. The summed E-state index contributed by atoms with van der Waals surface area (Å²) in [5.41, 5.74) is 8.52. The molecule has 11 heteroatoms. The number of allylic oxidation sites excluding steroid dienone is 1. The normalized spacial score (nSPS) is 16.3. The van der Waals surface area contributed by atoms with Crippen LogP contribution in [0.1, 0.15) is 41.5 Å². The number of rotatable bonds is 3. The van der Waals surface area contributed by atoms with Gasteiger partial charge in [0.2, 0.25) is 5.91 Å². The Morgan fingerprint density at radius 3 is 2.69 bits per heavy atom. The third kappa shape index (κ3) is 5.84. The molecule has 2 heterocycles. The molecule has 1 aromatic heterocycles. The molecule has 1 atom stereocenters. The van der Waals surface area contributed by atoms with E-state index in [1.165, 1.54) is 7.11 Å². The third-order valence-corrected chi connectivity index (χ3v) is 5.82. The van der Waals surface area contributed by atoms with Crippen LogP contribution < -0.4 is 21.7 Å². The lowest BCUT2D eigenvalue weighted by atomic mass is 10.1. The molecule has 0 fully saturated rings. The number of nitrogens with one attached hydrogen (secondary N) is 4. The summed E-state index contributed by atoms with van der Waals surface area (Å²) in [6.45, 7) is 0. The number of nitrogens with two attached hydrogens (primary N) is 1. The molecule has 1 aliphatic rings. The van der Waals surface area contributed by atoms with Gasteiger partial charge in [0.25, 0.3) is 5.91 Å². The highest BCUT2D eigenvalue weighted by Crippen LogP contribution is 2.35. The summed E-state index contributed by atoms with van der Waals surface area (Å²) >= 11 is 6.53. The Labute approximate surface area is 212 Å².